The lowest BCUT2D eigenvalue weighted by molar-refractivity contribution is -0.142. The van der Waals surface area contributed by atoms with Crippen LogP contribution >= 0.6 is 0 Å². The van der Waals surface area contributed by atoms with Crippen molar-refractivity contribution in [1.82, 2.24) is 10.3 Å². The highest BCUT2D eigenvalue weighted by atomic mass is 19.1. The Morgan fingerprint density at radius 1 is 1.12 bits per heavy atom. The fourth-order valence-corrected chi connectivity index (χ4v) is 2.75. The highest BCUT2D eigenvalue weighted by Gasteiger charge is 2.24. The number of fused-ring (bicyclic) bond motifs is 1. The van der Waals surface area contributed by atoms with Crippen LogP contribution in [0.1, 0.15) is 15.9 Å². The zero-order valence-corrected chi connectivity index (χ0v) is 14.1. The van der Waals surface area contributed by atoms with E-state index in [4.69, 9.17) is 4.74 Å². The summed E-state index contributed by atoms with van der Waals surface area (Å²) in [6.07, 6.45) is 1.52. The van der Waals surface area contributed by atoms with Crippen LogP contribution in [-0.4, -0.2) is 30.0 Å². The average Bonchev–Trinajstić information content (AvgIpc) is 2.67. The minimum Gasteiger partial charge on any atom is -0.467 e. The largest absolute Gasteiger partial charge is 0.467 e. The molecule has 0 fully saturated rings. The van der Waals surface area contributed by atoms with Crippen LogP contribution < -0.4 is 5.32 Å². The number of rotatable bonds is 5. The van der Waals surface area contributed by atoms with Crippen molar-refractivity contribution >= 4 is 22.8 Å². The number of para-hydroxylation sites is 1. The second kappa shape index (κ2) is 7.74. The predicted octanol–water partition coefficient (Wildman–Crippen LogP) is 2.89. The van der Waals surface area contributed by atoms with E-state index >= 15 is 0 Å². The molecule has 0 radical (unpaired) electrons. The van der Waals surface area contributed by atoms with Gasteiger partial charge in [0.05, 0.1) is 18.2 Å². The zero-order chi connectivity index (χ0) is 18.5. The van der Waals surface area contributed by atoms with Gasteiger partial charge in [-0.2, -0.15) is 0 Å². The molecule has 1 aromatic heterocycles. The van der Waals surface area contributed by atoms with Crippen LogP contribution in [0.15, 0.2) is 60.8 Å². The molecule has 0 aliphatic rings. The normalized spacial score (nSPS) is 11.8. The Labute approximate surface area is 149 Å². The predicted molar refractivity (Wildman–Crippen MR) is 95.1 cm³/mol. The third-order valence-electron chi connectivity index (χ3n) is 4.07. The number of nitrogens with one attached hydrogen (secondary N) is 1. The number of nitrogens with zero attached hydrogens (tertiary/aromatic N) is 1. The number of aromatic nitrogens is 1. The van der Waals surface area contributed by atoms with Crippen LogP contribution in [0, 0.1) is 5.82 Å². The maximum absolute atomic E-state index is 13.9. The standard InChI is InChI=1S/C20H17FN2O3/c1-26-20(25)18(12-13-6-2-4-8-16(13)21)23-19(24)15-10-11-22-17-9-5-3-7-14(15)17/h2-11,18H,12H2,1H3,(H,23,24)/t18-/m0/s1. The van der Waals surface area contributed by atoms with E-state index in [1.165, 1.54) is 19.4 Å². The summed E-state index contributed by atoms with van der Waals surface area (Å²) in [5.41, 5.74) is 1.38. The van der Waals surface area contributed by atoms with Gasteiger partial charge >= 0.3 is 5.97 Å². The Morgan fingerprint density at radius 3 is 2.62 bits per heavy atom. The number of benzene rings is 2. The van der Waals surface area contributed by atoms with Gasteiger partial charge in [0.25, 0.3) is 5.91 Å². The Hall–Kier alpha value is -3.28. The molecular weight excluding hydrogens is 335 g/mol. The van der Waals surface area contributed by atoms with E-state index in [1.807, 2.05) is 6.07 Å². The Balaban J connectivity index is 1.88. The highest BCUT2D eigenvalue weighted by molar-refractivity contribution is 6.07. The van der Waals surface area contributed by atoms with Gasteiger partial charge in [-0.3, -0.25) is 9.78 Å². The second-order valence-electron chi connectivity index (χ2n) is 5.72. The van der Waals surface area contributed by atoms with Crippen LogP contribution in [0.2, 0.25) is 0 Å². The summed E-state index contributed by atoms with van der Waals surface area (Å²) in [6, 6.07) is 13.9. The summed E-state index contributed by atoms with van der Waals surface area (Å²) in [7, 11) is 1.23. The highest BCUT2D eigenvalue weighted by Crippen LogP contribution is 2.17. The maximum atomic E-state index is 13.9. The average molecular weight is 352 g/mol. The number of esters is 1. The van der Waals surface area contributed by atoms with Gasteiger partial charge in [0.1, 0.15) is 11.9 Å². The van der Waals surface area contributed by atoms with Crippen LogP contribution in [0.5, 0.6) is 0 Å². The molecule has 0 bridgehead atoms. The molecule has 0 saturated heterocycles. The summed E-state index contributed by atoms with van der Waals surface area (Å²) in [6.45, 7) is 0. The van der Waals surface area contributed by atoms with E-state index < -0.39 is 23.7 Å². The Morgan fingerprint density at radius 2 is 1.85 bits per heavy atom. The first-order valence-corrected chi connectivity index (χ1v) is 8.06. The third kappa shape index (κ3) is 3.69. The van der Waals surface area contributed by atoms with Crippen molar-refractivity contribution in [3.05, 3.63) is 77.7 Å². The van der Waals surface area contributed by atoms with Gasteiger partial charge in [-0.15, -0.1) is 0 Å². The first-order valence-electron chi connectivity index (χ1n) is 8.06. The zero-order valence-electron chi connectivity index (χ0n) is 14.1. The van der Waals surface area contributed by atoms with Gasteiger partial charge in [0, 0.05) is 18.0 Å². The molecular formula is C20H17FN2O3. The summed E-state index contributed by atoms with van der Waals surface area (Å²) in [5.74, 6) is -1.53. The fraction of sp³-hybridized carbons (Fsp3) is 0.150. The van der Waals surface area contributed by atoms with E-state index in [0.717, 1.165) is 0 Å². The lowest BCUT2D eigenvalue weighted by Crippen LogP contribution is -2.43. The molecule has 0 unspecified atom stereocenters. The van der Waals surface area contributed by atoms with Crippen LogP contribution in [-0.2, 0) is 16.0 Å². The van der Waals surface area contributed by atoms with Gasteiger partial charge in [-0.05, 0) is 23.8 Å². The van der Waals surface area contributed by atoms with E-state index in [9.17, 15) is 14.0 Å². The molecule has 1 atom stereocenters. The van der Waals surface area contributed by atoms with Crippen molar-refractivity contribution in [2.45, 2.75) is 12.5 Å². The third-order valence-corrected chi connectivity index (χ3v) is 4.07. The number of carbonyl (C=O) groups excluding carboxylic acids is 2. The SMILES string of the molecule is COC(=O)[C@H](Cc1ccccc1F)NC(=O)c1ccnc2ccccc12. The smallest absolute Gasteiger partial charge is 0.328 e. The monoisotopic (exact) mass is 352 g/mol. The summed E-state index contributed by atoms with van der Waals surface area (Å²) in [5, 5.41) is 3.31. The van der Waals surface area contributed by atoms with Crippen molar-refractivity contribution in [2.24, 2.45) is 0 Å². The van der Waals surface area contributed by atoms with Gasteiger partial charge in [-0.1, -0.05) is 36.4 Å². The lowest BCUT2D eigenvalue weighted by atomic mass is 10.0. The molecule has 1 N–H and O–H groups in total. The molecule has 0 aliphatic carbocycles. The topological polar surface area (TPSA) is 68.3 Å². The maximum Gasteiger partial charge on any atom is 0.328 e. The number of methoxy groups -OCH3 is 1. The molecule has 1 heterocycles. The molecule has 0 saturated carbocycles. The molecule has 5 nitrogen and oxygen atoms in total. The summed E-state index contributed by atoms with van der Waals surface area (Å²) >= 11 is 0. The molecule has 0 aliphatic heterocycles. The van der Waals surface area contributed by atoms with Gasteiger partial charge < -0.3 is 10.1 Å². The number of carbonyl (C=O) groups is 2. The van der Waals surface area contributed by atoms with Crippen LogP contribution in [0.3, 0.4) is 0 Å². The molecule has 2 aromatic carbocycles. The van der Waals surface area contributed by atoms with Crippen molar-refractivity contribution in [1.29, 1.82) is 0 Å². The molecule has 3 rings (SSSR count). The van der Waals surface area contributed by atoms with Gasteiger partial charge in [0.15, 0.2) is 0 Å². The van der Waals surface area contributed by atoms with Crippen LogP contribution in [0.25, 0.3) is 10.9 Å². The lowest BCUT2D eigenvalue weighted by Gasteiger charge is -2.17. The van der Waals surface area contributed by atoms with Crippen molar-refractivity contribution in [3.63, 3.8) is 0 Å². The van der Waals surface area contributed by atoms with E-state index in [0.29, 0.717) is 22.0 Å². The number of pyridine rings is 1. The van der Waals surface area contributed by atoms with E-state index in [-0.39, 0.29) is 6.42 Å². The first-order chi connectivity index (χ1) is 12.6. The molecule has 6 heteroatoms. The molecule has 3 aromatic rings. The van der Waals surface area contributed by atoms with Crippen molar-refractivity contribution < 1.29 is 18.7 Å². The molecule has 132 valence electrons. The molecule has 1 amide bonds. The number of hydrogen-bond donors (Lipinski definition) is 1. The quantitative estimate of drug-likeness (QED) is 0.717. The fourth-order valence-electron chi connectivity index (χ4n) is 2.75. The Kier molecular flexibility index (Phi) is 5.22. The minimum absolute atomic E-state index is 0.00585. The number of hydrogen-bond acceptors (Lipinski definition) is 4. The minimum atomic E-state index is -1.00. The summed E-state index contributed by atoms with van der Waals surface area (Å²) < 4.78 is 18.7. The summed E-state index contributed by atoms with van der Waals surface area (Å²) in [4.78, 5) is 29.0. The van der Waals surface area contributed by atoms with E-state index in [1.54, 1.807) is 42.5 Å². The number of amides is 1. The molecule has 26 heavy (non-hydrogen) atoms. The first kappa shape index (κ1) is 17.5. The van der Waals surface area contributed by atoms with Crippen LogP contribution in [0.4, 0.5) is 4.39 Å². The van der Waals surface area contributed by atoms with Crippen molar-refractivity contribution in [2.75, 3.05) is 7.11 Å². The van der Waals surface area contributed by atoms with Crippen molar-refractivity contribution in [3.8, 4) is 0 Å². The number of halogens is 1. The van der Waals surface area contributed by atoms with Gasteiger partial charge in [-0.25, -0.2) is 9.18 Å². The number of ether oxygens (including phenoxy) is 1. The molecule has 0 spiro atoms. The Bertz CT molecular complexity index is 953. The second-order valence-corrected chi connectivity index (χ2v) is 5.72. The van der Waals surface area contributed by atoms with Gasteiger partial charge in [0.2, 0.25) is 0 Å². The van der Waals surface area contributed by atoms with E-state index in [2.05, 4.69) is 10.3 Å².